The van der Waals surface area contributed by atoms with Crippen molar-refractivity contribution in [3.05, 3.63) is 127 Å². The number of rotatable bonds is 3. The first-order valence-corrected chi connectivity index (χ1v) is 18.0. The van der Waals surface area contributed by atoms with Crippen LogP contribution in [0.1, 0.15) is 55.8 Å². The summed E-state index contributed by atoms with van der Waals surface area (Å²) >= 11 is 0. The van der Waals surface area contributed by atoms with Gasteiger partial charge in [0.05, 0.1) is 28.3 Å². The second-order valence-electron chi connectivity index (χ2n) is 14.2. The summed E-state index contributed by atoms with van der Waals surface area (Å²) in [6.45, 7) is 0. The molecule has 0 amide bonds. The van der Waals surface area contributed by atoms with Gasteiger partial charge in [0.2, 0.25) is 0 Å². The van der Waals surface area contributed by atoms with Crippen LogP contribution in [-0.4, -0.2) is 9.97 Å². The zero-order chi connectivity index (χ0) is 32.8. The number of nitrogens with zero attached hydrogens (tertiary/aromatic N) is 2. The molecule has 240 valence electrons. The number of hydrogen-bond acceptors (Lipinski definition) is 4. The van der Waals surface area contributed by atoms with Crippen LogP contribution < -0.4 is 0 Å². The lowest BCUT2D eigenvalue weighted by molar-refractivity contribution is 0.279. The maximum absolute atomic E-state index is 6.93. The molecule has 11 rings (SSSR count). The van der Waals surface area contributed by atoms with Crippen molar-refractivity contribution in [2.45, 2.75) is 44.4 Å². The molecule has 3 heterocycles. The minimum Gasteiger partial charge on any atom is -0.460 e. The van der Waals surface area contributed by atoms with E-state index in [-0.39, 0.29) is 0 Å². The summed E-state index contributed by atoms with van der Waals surface area (Å²) in [5, 5.41) is 7.99. The summed E-state index contributed by atoms with van der Waals surface area (Å²) in [6.07, 6.45) is 14.2. The van der Waals surface area contributed by atoms with Crippen molar-refractivity contribution in [1.82, 2.24) is 9.97 Å². The molecule has 4 nitrogen and oxygen atoms in total. The summed E-state index contributed by atoms with van der Waals surface area (Å²) in [6, 6.07) is 36.4. The molecule has 6 aromatic carbocycles. The van der Waals surface area contributed by atoms with E-state index in [1.165, 1.54) is 48.4 Å². The number of allylic oxidation sites excluding steroid dienone is 1. The lowest BCUT2D eigenvalue weighted by atomic mass is 9.75. The Kier molecular flexibility index (Phi) is 6.12. The molecular weight excluding hydrogens is 613 g/mol. The Morgan fingerprint density at radius 3 is 2.16 bits per heavy atom. The Morgan fingerprint density at radius 1 is 0.600 bits per heavy atom. The third-order valence-corrected chi connectivity index (χ3v) is 11.5. The van der Waals surface area contributed by atoms with Gasteiger partial charge in [0.1, 0.15) is 22.5 Å². The molecule has 0 radical (unpaired) electrons. The van der Waals surface area contributed by atoms with E-state index in [1.54, 1.807) is 0 Å². The molecule has 1 saturated carbocycles. The van der Waals surface area contributed by atoms with Crippen LogP contribution in [0.3, 0.4) is 0 Å². The lowest BCUT2D eigenvalue weighted by Crippen LogP contribution is -2.17. The fourth-order valence-corrected chi connectivity index (χ4v) is 9.14. The third kappa shape index (κ3) is 4.11. The van der Waals surface area contributed by atoms with Crippen LogP contribution in [-0.2, 0) is 0 Å². The highest BCUT2D eigenvalue weighted by Gasteiger charge is 2.32. The SMILES string of the molecule is C1=Cc2c(oc3ccc4c5cccc(-c6cccc(-c7cnc8c9ccccc9c9ccccc9c8n7)c6)c5oc4c23)C(C2CCCCC2)C1. The molecular formula is C46H34N2O2. The van der Waals surface area contributed by atoms with E-state index in [2.05, 4.69) is 115 Å². The van der Waals surface area contributed by atoms with Crippen molar-refractivity contribution in [3.8, 4) is 22.4 Å². The van der Waals surface area contributed by atoms with E-state index in [0.29, 0.717) is 11.8 Å². The molecule has 1 atom stereocenters. The molecule has 9 aromatic rings. The van der Waals surface area contributed by atoms with Crippen molar-refractivity contribution >= 4 is 71.6 Å². The maximum atomic E-state index is 6.93. The van der Waals surface area contributed by atoms with E-state index in [9.17, 15) is 0 Å². The standard InChI is InChI=1S/C46H34N2O2/c1-2-11-27(12-3-1)30-19-10-22-38-41-40(49-45(30)38)24-23-37-36-21-9-20-31(44(36)50-46(37)41)28-13-8-14-29(25-28)39-26-47-42-34-17-6-4-15-32(34)33-16-5-7-18-35(33)43(42)48-39/h4-10,13-18,20-27,30H,1-3,11-12,19H2. The quantitative estimate of drug-likeness (QED) is 0.179. The van der Waals surface area contributed by atoms with E-state index in [0.717, 1.165) is 89.3 Å². The fourth-order valence-electron chi connectivity index (χ4n) is 9.14. The van der Waals surface area contributed by atoms with Crippen LogP contribution >= 0.6 is 0 Å². The zero-order valence-corrected chi connectivity index (χ0v) is 27.7. The molecule has 3 aromatic heterocycles. The Bertz CT molecular complexity index is 2810. The first-order valence-electron chi connectivity index (χ1n) is 18.0. The van der Waals surface area contributed by atoms with Crippen LogP contribution in [0.15, 0.2) is 124 Å². The highest BCUT2D eigenvalue weighted by Crippen LogP contribution is 2.48. The normalized spacial score (nSPS) is 16.8. The Hall–Kier alpha value is -5.74. The lowest BCUT2D eigenvalue weighted by Gasteiger charge is -2.30. The molecule has 50 heavy (non-hydrogen) atoms. The number of hydrogen-bond donors (Lipinski definition) is 0. The van der Waals surface area contributed by atoms with Gasteiger partial charge in [0, 0.05) is 44.2 Å². The summed E-state index contributed by atoms with van der Waals surface area (Å²) in [5.41, 5.74) is 9.82. The smallest absolute Gasteiger partial charge is 0.147 e. The number of furan rings is 2. The molecule has 0 saturated heterocycles. The number of aromatic nitrogens is 2. The Balaban J connectivity index is 1.06. The zero-order valence-electron chi connectivity index (χ0n) is 27.7. The molecule has 0 N–H and O–H groups in total. The van der Waals surface area contributed by atoms with E-state index in [1.807, 2.05) is 6.20 Å². The highest BCUT2D eigenvalue weighted by atomic mass is 16.3. The van der Waals surface area contributed by atoms with Gasteiger partial charge in [0.25, 0.3) is 0 Å². The average Bonchev–Trinajstić information content (AvgIpc) is 3.77. The number of fused-ring (bicyclic) bond motifs is 13. The first kappa shape index (κ1) is 28.1. The maximum Gasteiger partial charge on any atom is 0.147 e. The van der Waals surface area contributed by atoms with Gasteiger partial charge in [-0.2, -0.15) is 0 Å². The molecule has 4 heteroatoms. The number of benzene rings is 6. The Morgan fingerprint density at radius 2 is 1.32 bits per heavy atom. The molecule has 1 unspecified atom stereocenters. The van der Waals surface area contributed by atoms with Crippen molar-refractivity contribution in [2.24, 2.45) is 5.92 Å². The topological polar surface area (TPSA) is 52.1 Å². The van der Waals surface area contributed by atoms with Crippen LogP contribution in [0, 0.1) is 5.92 Å². The van der Waals surface area contributed by atoms with Crippen molar-refractivity contribution < 1.29 is 8.83 Å². The van der Waals surface area contributed by atoms with Crippen LogP contribution in [0.25, 0.3) is 93.9 Å². The molecule has 0 aliphatic heterocycles. The van der Waals surface area contributed by atoms with Gasteiger partial charge in [0.15, 0.2) is 0 Å². The third-order valence-electron chi connectivity index (χ3n) is 11.5. The molecule has 2 aliphatic carbocycles. The molecule has 0 bridgehead atoms. The fraction of sp³-hybridized carbons (Fsp3) is 0.174. The highest BCUT2D eigenvalue weighted by molar-refractivity contribution is 6.23. The van der Waals surface area contributed by atoms with Gasteiger partial charge in [-0.05, 0) is 59.7 Å². The van der Waals surface area contributed by atoms with Crippen LogP contribution in [0.5, 0.6) is 0 Å². The molecule has 2 aliphatic rings. The minimum absolute atomic E-state index is 0.454. The first-order chi connectivity index (χ1) is 24.8. The van der Waals surface area contributed by atoms with E-state index < -0.39 is 0 Å². The summed E-state index contributed by atoms with van der Waals surface area (Å²) in [7, 11) is 0. The van der Waals surface area contributed by atoms with Gasteiger partial charge in [-0.3, -0.25) is 4.98 Å². The predicted molar refractivity (Wildman–Crippen MR) is 205 cm³/mol. The second kappa shape index (κ2) is 10.9. The van der Waals surface area contributed by atoms with Gasteiger partial charge < -0.3 is 8.83 Å². The second-order valence-corrected chi connectivity index (χ2v) is 14.2. The summed E-state index contributed by atoms with van der Waals surface area (Å²) < 4.78 is 13.6. The van der Waals surface area contributed by atoms with Crippen molar-refractivity contribution in [1.29, 1.82) is 0 Å². The monoisotopic (exact) mass is 646 g/mol. The molecule has 0 spiro atoms. The number of para-hydroxylation sites is 1. The van der Waals surface area contributed by atoms with E-state index in [4.69, 9.17) is 18.8 Å². The van der Waals surface area contributed by atoms with E-state index >= 15 is 0 Å². The predicted octanol–water partition coefficient (Wildman–Crippen LogP) is 13.0. The van der Waals surface area contributed by atoms with Crippen LogP contribution in [0.4, 0.5) is 0 Å². The Labute approximate surface area is 289 Å². The van der Waals surface area contributed by atoms with Crippen molar-refractivity contribution in [2.75, 3.05) is 0 Å². The minimum atomic E-state index is 0.454. The largest absolute Gasteiger partial charge is 0.460 e. The van der Waals surface area contributed by atoms with Gasteiger partial charge >= 0.3 is 0 Å². The van der Waals surface area contributed by atoms with Gasteiger partial charge in [-0.25, -0.2) is 4.98 Å². The van der Waals surface area contributed by atoms with Crippen LogP contribution in [0.2, 0.25) is 0 Å². The summed E-state index contributed by atoms with van der Waals surface area (Å²) in [5.74, 6) is 2.31. The van der Waals surface area contributed by atoms with Gasteiger partial charge in [-0.1, -0.05) is 116 Å². The van der Waals surface area contributed by atoms with Crippen molar-refractivity contribution in [3.63, 3.8) is 0 Å². The average molecular weight is 647 g/mol. The van der Waals surface area contributed by atoms with Gasteiger partial charge in [-0.15, -0.1) is 0 Å². The summed E-state index contributed by atoms with van der Waals surface area (Å²) in [4.78, 5) is 10.3. The molecule has 1 fully saturated rings.